The number of furan rings is 1. The Balaban J connectivity index is 1.56. The SMILES string of the molecule is Cc1cc(C)c(C)c(Oc2cc(NC(=O)c3ccc(Cn4nc(C(F)F)c(Cl)c4C(F)F)o3)cc([N+](=O)[O-])c2)c1. The second kappa shape index (κ2) is 11.4. The number of nitrogens with zero attached hydrogens (tertiary/aromatic N) is 3. The molecule has 14 heteroatoms. The fourth-order valence-corrected chi connectivity index (χ4v) is 4.22. The van der Waals surface area contributed by atoms with E-state index in [1.807, 2.05) is 26.8 Å². The minimum atomic E-state index is -3.19. The molecule has 4 rings (SSSR count). The number of rotatable bonds is 9. The summed E-state index contributed by atoms with van der Waals surface area (Å²) in [7, 11) is 0. The number of anilines is 1. The number of ether oxygens (including phenoxy) is 1. The van der Waals surface area contributed by atoms with Crippen LogP contribution in [0.4, 0.5) is 28.9 Å². The van der Waals surface area contributed by atoms with Gasteiger partial charge in [0.15, 0.2) is 5.76 Å². The number of nitro benzene ring substituents is 1. The van der Waals surface area contributed by atoms with Crippen LogP contribution >= 0.6 is 11.6 Å². The molecule has 1 amide bonds. The Hall–Kier alpha value is -4.39. The van der Waals surface area contributed by atoms with Crippen molar-refractivity contribution in [2.45, 2.75) is 40.2 Å². The number of amides is 1. The molecule has 4 aromatic rings. The van der Waals surface area contributed by atoms with Gasteiger partial charge in [-0.2, -0.15) is 5.10 Å². The van der Waals surface area contributed by atoms with Gasteiger partial charge < -0.3 is 14.5 Å². The number of hydrogen-bond acceptors (Lipinski definition) is 6. The molecule has 0 spiro atoms. The maximum Gasteiger partial charge on any atom is 0.291 e. The number of hydrogen-bond donors (Lipinski definition) is 1. The Morgan fingerprint density at radius 2 is 1.85 bits per heavy atom. The van der Waals surface area contributed by atoms with E-state index in [1.54, 1.807) is 6.07 Å². The number of non-ortho nitro benzene ring substituents is 1. The molecule has 2 aromatic carbocycles. The average Bonchev–Trinajstić information content (AvgIpc) is 3.46. The van der Waals surface area contributed by atoms with Crippen LogP contribution in [0.25, 0.3) is 0 Å². The largest absolute Gasteiger partial charge is 0.457 e. The normalized spacial score (nSPS) is 11.3. The smallest absolute Gasteiger partial charge is 0.291 e. The van der Waals surface area contributed by atoms with Crippen LogP contribution < -0.4 is 10.1 Å². The first-order valence-electron chi connectivity index (χ1n) is 11.6. The van der Waals surface area contributed by atoms with Crippen LogP contribution in [0.15, 0.2) is 46.9 Å². The molecule has 2 heterocycles. The van der Waals surface area contributed by atoms with Crippen LogP contribution in [-0.2, 0) is 6.54 Å². The Morgan fingerprint density at radius 1 is 1.12 bits per heavy atom. The molecule has 0 fully saturated rings. The maximum atomic E-state index is 13.4. The Labute approximate surface area is 229 Å². The van der Waals surface area contributed by atoms with Gasteiger partial charge in [-0.15, -0.1) is 0 Å². The second-order valence-electron chi connectivity index (χ2n) is 8.84. The van der Waals surface area contributed by atoms with Crippen molar-refractivity contribution in [3.63, 3.8) is 0 Å². The molecule has 1 N–H and O–H groups in total. The molecule has 0 atom stereocenters. The second-order valence-corrected chi connectivity index (χ2v) is 9.22. The Kier molecular flexibility index (Phi) is 8.14. The van der Waals surface area contributed by atoms with Gasteiger partial charge in [-0.25, -0.2) is 17.6 Å². The summed E-state index contributed by atoms with van der Waals surface area (Å²) in [5.41, 5.74) is 0.485. The van der Waals surface area contributed by atoms with Crippen molar-refractivity contribution in [2.75, 3.05) is 5.32 Å². The molecule has 2 aromatic heterocycles. The van der Waals surface area contributed by atoms with Crippen molar-refractivity contribution in [2.24, 2.45) is 0 Å². The van der Waals surface area contributed by atoms with E-state index in [0.29, 0.717) is 10.4 Å². The first-order chi connectivity index (χ1) is 18.8. The van der Waals surface area contributed by atoms with E-state index in [4.69, 9.17) is 20.8 Å². The van der Waals surface area contributed by atoms with E-state index in [2.05, 4.69) is 10.4 Å². The van der Waals surface area contributed by atoms with E-state index in [0.717, 1.165) is 22.8 Å². The van der Waals surface area contributed by atoms with Crippen molar-refractivity contribution >= 4 is 28.9 Å². The van der Waals surface area contributed by atoms with Gasteiger partial charge in [0.25, 0.3) is 24.4 Å². The molecule has 0 aliphatic rings. The van der Waals surface area contributed by atoms with Crippen molar-refractivity contribution in [3.8, 4) is 11.5 Å². The van der Waals surface area contributed by atoms with Crippen molar-refractivity contribution < 1.29 is 36.4 Å². The lowest BCUT2D eigenvalue weighted by atomic mass is 10.1. The highest BCUT2D eigenvalue weighted by molar-refractivity contribution is 6.32. The standard InChI is InChI=1S/C26H21ClF4N4O5/c1-12-6-13(2)14(3)20(7-12)40-18-9-15(8-16(10-18)35(37)38)32-26(36)19-5-4-17(39-19)11-34-23(25(30)31)21(27)22(33-34)24(28)29/h4-10,24-25H,11H2,1-3H3,(H,32,36). The monoisotopic (exact) mass is 580 g/mol. The predicted octanol–water partition coefficient (Wildman–Crippen LogP) is 7.93. The molecule has 210 valence electrons. The third-order valence-electron chi connectivity index (χ3n) is 5.91. The fourth-order valence-electron chi connectivity index (χ4n) is 3.92. The van der Waals surface area contributed by atoms with Crippen LogP contribution in [-0.4, -0.2) is 20.6 Å². The third kappa shape index (κ3) is 6.09. The summed E-state index contributed by atoms with van der Waals surface area (Å²) in [6.07, 6.45) is -6.37. The van der Waals surface area contributed by atoms with Gasteiger partial charge in [-0.05, 0) is 55.7 Å². The van der Waals surface area contributed by atoms with E-state index in [1.165, 1.54) is 24.3 Å². The van der Waals surface area contributed by atoms with E-state index >= 15 is 0 Å². The number of alkyl halides is 4. The molecule has 0 saturated carbocycles. The maximum absolute atomic E-state index is 13.4. The van der Waals surface area contributed by atoms with E-state index < -0.39 is 46.6 Å². The van der Waals surface area contributed by atoms with Gasteiger partial charge in [0.05, 0.1) is 28.2 Å². The minimum Gasteiger partial charge on any atom is -0.457 e. The van der Waals surface area contributed by atoms with Gasteiger partial charge in [0.2, 0.25) is 0 Å². The zero-order valence-corrected chi connectivity index (χ0v) is 21.9. The first-order valence-corrected chi connectivity index (χ1v) is 12.0. The van der Waals surface area contributed by atoms with Crippen LogP contribution in [0.5, 0.6) is 11.5 Å². The molecule has 0 aliphatic carbocycles. The van der Waals surface area contributed by atoms with Crippen LogP contribution in [0.1, 0.15) is 57.2 Å². The molecule has 0 unspecified atom stereocenters. The van der Waals surface area contributed by atoms with Crippen molar-refractivity contribution in [3.05, 3.63) is 97.2 Å². The lowest BCUT2D eigenvalue weighted by molar-refractivity contribution is -0.384. The van der Waals surface area contributed by atoms with Crippen molar-refractivity contribution in [1.29, 1.82) is 0 Å². The number of aromatic nitrogens is 2. The van der Waals surface area contributed by atoms with Crippen LogP contribution in [0, 0.1) is 30.9 Å². The summed E-state index contributed by atoms with van der Waals surface area (Å²) < 4.78 is 64.9. The molecular weight excluding hydrogens is 560 g/mol. The van der Waals surface area contributed by atoms with Gasteiger partial charge >= 0.3 is 0 Å². The number of benzene rings is 2. The Bertz CT molecular complexity index is 1600. The summed E-state index contributed by atoms with van der Waals surface area (Å²) in [5.74, 6) is -0.563. The third-order valence-corrected chi connectivity index (χ3v) is 6.30. The summed E-state index contributed by atoms with van der Waals surface area (Å²) in [5, 5.41) is 16.6. The van der Waals surface area contributed by atoms with Gasteiger partial charge in [0, 0.05) is 12.1 Å². The predicted molar refractivity (Wildman–Crippen MR) is 137 cm³/mol. The van der Waals surface area contributed by atoms with Crippen LogP contribution in [0.3, 0.4) is 0 Å². The highest BCUT2D eigenvalue weighted by Crippen LogP contribution is 2.36. The van der Waals surface area contributed by atoms with E-state index in [9.17, 15) is 32.5 Å². The minimum absolute atomic E-state index is 0.0228. The number of nitro groups is 1. The number of nitrogens with one attached hydrogen (secondary N) is 1. The first kappa shape index (κ1) is 28.6. The van der Waals surface area contributed by atoms with Crippen molar-refractivity contribution in [1.82, 2.24) is 9.78 Å². The zero-order chi connectivity index (χ0) is 29.3. The molecule has 0 saturated heterocycles. The number of carbonyl (C=O) groups is 1. The molecule has 9 nitrogen and oxygen atoms in total. The van der Waals surface area contributed by atoms with Crippen LogP contribution in [0.2, 0.25) is 5.02 Å². The quantitative estimate of drug-likeness (QED) is 0.122. The molecular formula is C26H21ClF4N4O5. The van der Waals surface area contributed by atoms with Gasteiger partial charge in [0.1, 0.15) is 28.6 Å². The summed E-state index contributed by atoms with van der Waals surface area (Å²) in [6.45, 7) is 5.11. The molecule has 0 radical (unpaired) electrons. The number of halogens is 5. The topological polar surface area (TPSA) is 112 Å². The Morgan fingerprint density at radius 3 is 2.50 bits per heavy atom. The highest BCUT2D eigenvalue weighted by atomic mass is 35.5. The molecule has 0 bridgehead atoms. The van der Waals surface area contributed by atoms with Gasteiger partial charge in [-0.1, -0.05) is 17.7 Å². The zero-order valence-electron chi connectivity index (χ0n) is 21.2. The molecule has 0 aliphatic heterocycles. The van der Waals surface area contributed by atoms with E-state index in [-0.39, 0.29) is 28.6 Å². The summed E-state index contributed by atoms with van der Waals surface area (Å²) >= 11 is 5.66. The van der Waals surface area contributed by atoms with Gasteiger partial charge in [-0.3, -0.25) is 19.6 Å². The summed E-state index contributed by atoms with van der Waals surface area (Å²) in [6, 6.07) is 9.95. The number of carbonyl (C=O) groups excluding carboxylic acids is 1. The highest BCUT2D eigenvalue weighted by Gasteiger charge is 2.28. The lowest BCUT2D eigenvalue weighted by Crippen LogP contribution is -2.11. The molecule has 40 heavy (non-hydrogen) atoms. The number of aryl methyl sites for hydroxylation is 2. The fraction of sp³-hybridized carbons (Fsp3) is 0.231. The summed E-state index contributed by atoms with van der Waals surface area (Å²) in [4.78, 5) is 23.7. The average molecular weight is 581 g/mol. The lowest BCUT2D eigenvalue weighted by Gasteiger charge is -2.13.